The molecule has 44 heavy (non-hydrogen) atoms. The summed E-state index contributed by atoms with van der Waals surface area (Å²) in [4.78, 5) is 44.4. The van der Waals surface area contributed by atoms with E-state index in [2.05, 4.69) is 20.9 Å². The van der Waals surface area contributed by atoms with Crippen LogP contribution < -0.4 is 29.1 Å². The summed E-state index contributed by atoms with van der Waals surface area (Å²) in [5.41, 5.74) is 1.70. The lowest BCUT2D eigenvalue weighted by Crippen LogP contribution is -2.40. The Bertz CT molecular complexity index is 1760. The SMILES string of the molecule is CCOC(=O)COc1c(Br)cc(/C=c2/sc3n(c2=O)[C@@H](c2ccccc2OC(C)C)C(C(=O)OCC)=C(C)N=3)cc1OCC. The minimum atomic E-state index is -0.813. The number of rotatable bonds is 12. The minimum absolute atomic E-state index is 0.134. The topological polar surface area (TPSA) is 115 Å². The number of thiazole rings is 1. The maximum absolute atomic E-state index is 14.1. The molecule has 0 spiro atoms. The van der Waals surface area contributed by atoms with Gasteiger partial charge >= 0.3 is 11.9 Å². The first kappa shape index (κ1) is 33.0. The number of carbonyl (C=O) groups is 2. The number of ether oxygens (including phenoxy) is 5. The van der Waals surface area contributed by atoms with Gasteiger partial charge in [0.1, 0.15) is 11.8 Å². The van der Waals surface area contributed by atoms with Crippen molar-refractivity contribution in [1.29, 1.82) is 0 Å². The number of benzene rings is 2. The Labute approximate surface area is 267 Å². The molecule has 2 aromatic carbocycles. The highest BCUT2D eigenvalue weighted by atomic mass is 79.9. The van der Waals surface area contributed by atoms with Crippen molar-refractivity contribution in [3.05, 3.63) is 83.0 Å². The van der Waals surface area contributed by atoms with Crippen LogP contribution in [-0.2, 0) is 19.1 Å². The van der Waals surface area contributed by atoms with Gasteiger partial charge in [-0.15, -0.1) is 0 Å². The lowest BCUT2D eigenvalue weighted by Gasteiger charge is -2.26. The number of aromatic nitrogens is 1. The van der Waals surface area contributed by atoms with Crippen LogP contribution in [0.3, 0.4) is 0 Å². The van der Waals surface area contributed by atoms with E-state index in [0.29, 0.717) is 54.5 Å². The highest BCUT2D eigenvalue weighted by Crippen LogP contribution is 2.38. The number of hydrogen-bond donors (Lipinski definition) is 0. The summed E-state index contributed by atoms with van der Waals surface area (Å²) in [6.07, 6.45) is 1.59. The zero-order chi connectivity index (χ0) is 32.0. The van der Waals surface area contributed by atoms with Crippen LogP contribution in [-0.4, -0.2) is 49.0 Å². The van der Waals surface area contributed by atoms with Gasteiger partial charge in [-0.25, -0.2) is 14.6 Å². The van der Waals surface area contributed by atoms with Gasteiger partial charge in [0.25, 0.3) is 5.56 Å². The normalized spacial score (nSPS) is 14.6. The number of allylic oxidation sites excluding steroid dienone is 1. The molecule has 1 aliphatic rings. The average molecular weight is 688 g/mol. The van der Waals surface area contributed by atoms with Gasteiger partial charge < -0.3 is 23.7 Å². The lowest BCUT2D eigenvalue weighted by molar-refractivity contribution is -0.145. The third kappa shape index (κ3) is 7.24. The molecule has 0 N–H and O–H groups in total. The van der Waals surface area contributed by atoms with Gasteiger partial charge in [0, 0.05) is 5.56 Å². The molecule has 0 radical (unpaired) electrons. The molecule has 12 heteroatoms. The molecule has 0 aliphatic carbocycles. The second-order valence-corrected chi connectivity index (χ2v) is 11.7. The fraction of sp³-hybridized carbons (Fsp3) is 0.375. The molecule has 234 valence electrons. The van der Waals surface area contributed by atoms with E-state index in [-0.39, 0.29) is 37.1 Å². The predicted molar refractivity (Wildman–Crippen MR) is 170 cm³/mol. The fourth-order valence-corrected chi connectivity index (χ4v) is 6.33. The van der Waals surface area contributed by atoms with Crippen LogP contribution in [0.2, 0.25) is 0 Å². The molecule has 0 fully saturated rings. The van der Waals surface area contributed by atoms with Crippen molar-refractivity contribution in [3.63, 3.8) is 0 Å². The van der Waals surface area contributed by atoms with Gasteiger partial charge in [-0.1, -0.05) is 29.5 Å². The average Bonchev–Trinajstić information content (AvgIpc) is 3.26. The van der Waals surface area contributed by atoms with E-state index in [0.717, 1.165) is 0 Å². The van der Waals surface area contributed by atoms with Crippen LogP contribution in [0.4, 0.5) is 0 Å². The Hall–Kier alpha value is -3.90. The zero-order valence-corrected chi connectivity index (χ0v) is 27.9. The Morgan fingerprint density at radius 2 is 1.77 bits per heavy atom. The summed E-state index contributed by atoms with van der Waals surface area (Å²) >= 11 is 4.72. The second kappa shape index (κ2) is 14.7. The summed E-state index contributed by atoms with van der Waals surface area (Å²) in [7, 11) is 0. The number of esters is 2. The molecule has 3 aromatic rings. The zero-order valence-electron chi connectivity index (χ0n) is 25.5. The summed E-state index contributed by atoms with van der Waals surface area (Å²) in [6, 6.07) is 10.0. The standard InChI is InChI=1S/C32H35BrN2O8S/c1-7-39-24-15-20(14-22(33)29(24)42-17-26(36)40-8-2)16-25-30(37)35-28(21-12-10-11-13-23(21)43-18(4)5)27(31(38)41-9-3)19(6)34-32(35)44-25/h10-16,18,28H,7-9,17H2,1-6H3/b25-16+/t28-/m0/s1. The quantitative estimate of drug-likeness (QED) is 0.252. The molecule has 4 rings (SSSR count). The number of nitrogens with zero attached hydrogens (tertiary/aromatic N) is 2. The molecule has 1 aliphatic heterocycles. The molecule has 0 saturated carbocycles. The van der Waals surface area contributed by atoms with E-state index < -0.39 is 18.0 Å². The first-order valence-electron chi connectivity index (χ1n) is 14.3. The molecule has 0 amide bonds. The molecule has 1 aromatic heterocycles. The maximum atomic E-state index is 14.1. The van der Waals surface area contributed by atoms with Crippen molar-refractivity contribution in [3.8, 4) is 17.2 Å². The molecule has 10 nitrogen and oxygen atoms in total. The Morgan fingerprint density at radius 3 is 2.45 bits per heavy atom. The summed E-state index contributed by atoms with van der Waals surface area (Å²) in [5.74, 6) is 0.246. The first-order chi connectivity index (χ1) is 21.1. The summed E-state index contributed by atoms with van der Waals surface area (Å²) < 4.78 is 30.4. The van der Waals surface area contributed by atoms with Gasteiger partial charge in [-0.05, 0) is 87.3 Å². The number of hydrogen-bond acceptors (Lipinski definition) is 10. The highest BCUT2D eigenvalue weighted by molar-refractivity contribution is 9.10. The van der Waals surface area contributed by atoms with E-state index in [1.807, 2.05) is 45.0 Å². The van der Waals surface area contributed by atoms with Crippen LogP contribution in [0.1, 0.15) is 58.7 Å². The third-order valence-electron chi connectivity index (χ3n) is 6.36. The smallest absolute Gasteiger partial charge is 0.344 e. The van der Waals surface area contributed by atoms with Crippen molar-refractivity contribution in [2.75, 3.05) is 26.4 Å². The van der Waals surface area contributed by atoms with Gasteiger partial charge in [0.15, 0.2) is 22.9 Å². The summed E-state index contributed by atoms with van der Waals surface area (Å²) in [6.45, 7) is 11.3. The molecule has 2 heterocycles. The van der Waals surface area contributed by atoms with E-state index in [4.69, 9.17) is 23.7 Å². The molecule has 1 atom stereocenters. The Balaban J connectivity index is 1.87. The molecule has 0 unspecified atom stereocenters. The molecular formula is C32H35BrN2O8S. The van der Waals surface area contributed by atoms with Crippen LogP contribution in [0.5, 0.6) is 17.2 Å². The maximum Gasteiger partial charge on any atom is 0.344 e. The lowest BCUT2D eigenvalue weighted by atomic mass is 9.95. The van der Waals surface area contributed by atoms with E-state index >= 15 is 0 Å². The van der Waals surface area contributed by atoms with Gasteiger partial charge in [0.2, 0.25) is 0 Å². The van der Waals surface area contributed by atoms with Gasteiger partial charge in [-0.3, -0.25) is 9.36 Å². The Kier molecular flexibility index (Phi) is 11.0. The largest absolute Gasteiger partial charge is 0.491 e. The number of para-hydroxylation sites is 1. The number of halogens is 1. The van der Waals surface area contributed by atoms with Gasteiger partial charge in [0.05, 0.1) is 46.2 Å². The van der Waals surface area contributed by atoms with E-state index in [9.17, 15) is 14.4 Å². The molecule has 0 saturated heterocycles. The highest BCUT2D eigenvalue weighted by Gasteiger charge is 2.35. The fourth-order valence-electron chi connectivity index (χ4n) is 4.71. The van der Waals surface area contributed by atoms with Crippen molar-refractivity contribution in [2.45, 2.75) is 53.7 Å². The monoisotopic (exact) mass is 686 g/mol. The van der Waals surface area contributed by atoms with Gasteiger partial charge in [-0.2, -0.15) is 0 Å². The van der Waals surface area contributed by atoms with Crippen LogP contribution in [0.25, 0.3) is 6.08 Å². The van der Waals surface area contributed by atoms with Crippen molar-refractivity contribution < 1.29 is 33.3 Å². The number of carbonyl (C=O) groups excluding carboxylic acids is 2. The third-order valence-corrected chi connectivity index (χ3v) is 7.93. The minimum Gasteiger partial charge on any atom is -0.491 e. The second-order valence-electron chi connectivity index (χ2n) is 9.86. The summed E-state index contributed by atoms with van der Waals surface area (Å²) in [5, 5.41) is 0. The number of fused-ring (bicyclic) bond motifs is 1. The van der Waals surface area contributed by atoms with Crippen molar-refractivity contribution in [1.82, 2.24) is 4.57 Å². The van der Waals surface area contributed by atoms with Crippen molar-refractivity contribution >= 4 is 45.3 Å². The van der Waals surface area contributed by atoms with E-state index in [1.165, 1.54) is 15.9 Å². The van der Waals surface area contributed by atoms with Crippen LogP contribution in [0.15, 0.2) is 61.9 Å². The Morgan fingerprint density at radius 1 is 1.05 bits per heavy atom. The molecular weight excluding hydrogens is 652 g/mol. The van der Waals surface area contributed by atoms with Crippen molar-refractivity contribution in [2.24, 2.45) is 4.99 Å². The molecule has 0 bridgehead atoms. The predicted octanol–water partition coefficient (Wildman–Crippen LogP) is 4.69. The van der Waals surface area contributed by atoms with E-state index in [1.54, 1.807) is 39.0 Å². The van der Waals surface area contributed by atoms with Crippen LogP contribution in [0, 0.1) is 0 Å². The first-order valence-corrected chi connectivity index (χ1v) is 15.9. The van der Waals surface area contributed by atoms with Crippen LogP contribution >= 0.6 is 27.3 Å².